The van der Waals surface area contributed by atoms with Gasteiger partial charge in [0.15, 0.2) is 0 Å². The number of aliphatic carboxylic acids is 1. The van der Waals surface area contributed by atoms with Gasteiger partial charge < -0.3 is 14.9 Å². The van der Waals surface area contributed by atoms with Gasteiger partial charge in [0.1, 0.15) is 12.4 Å². The Morgan fingerprint density at radius 1 is 1.20 bits per heavy atom. The van der Waals surface area contributed by atoms with E-state index in [4.69, 9.17) is 5.11 Å². The third-order valence-corrected chi connectivity index (χ3v) is 4.47. The van der Waals surface area contributed by atoms with Gasteiger partial charge in [0, 0.05) is 26.1 Å². The quantitative estimate of drug-likeness (QED) is 0.876. The lowest BCUT2D eigenvalue weighted by Gasteiger charge is -2.28. The number of benzene rings is 1. The molecule has 1 heterocycles. The van der Waals surface area contributed by atoms with Gasteiger partial charge in [-0.2, -0.15) is 0 Å². The van der Waals surface area contributed by atoms with E-state index in [0.29, 0.717) is 32.4 Å². The van der Waals surface area contributed by atoms with Crippen LogP contribution in [0.15, 0.2) is 24.3 Å². The first-order chi connectivity index (χ1) is 11.9. The monoisotopic (exact) mass is 350 g/mol. The highest BCUT2D eigenvalue weighted by molar-refractivity contribution is 5.80. The van der Waals surface area contributed by atoms with Crippen LogP contribution in [-0.4, -0.2) is 58.4 Å². The van der Waals surface area contributed by atoms with Crippen LogP contribution in [-0.2, 0) is 20.8 Å². The average molecular weight is 350 g/mol. The number of rotatable bonds is 5. The summed E-state index contributed by atoms with van der Waals surface area (Å²) >= 11 is 0. The van der Waals surface area contributed by atoms with Crippen molar-refractivity contribution >= 4 is 17.8 Å². The van der Waals surface area contributed by atoms with E-state index in [1.165, 1.54) is 24.0 Å². The fourth-order valence-electron chi connectivity index (χ4n) is 3.17. The molecule has 6 nitrogen and oxygen atoms in total. The van der Waals surface area contributed by atoms with Gasteiger partial charge >= 0.3 is 5.97 Å². The Labute approximate surface area is 146 Å². The minimum absolute atomic E-state index is 0.0418. The van der Waals surface area contributed by atoms with Crippen molar-refractivity contribution in [1.29, 1.82) is 0 Å². The zero-order valence-electron chi connectivity index (χ0n) is 14.3. The van der Waals surface area contributed by atoms with Crippen LogP contribution in [0.1, 0.15) is 31.7 Å². The molecule has 1 saturated heterocycles. The fraction of sp³-hybridized carbons (Fsp3) is 0.500. The smallest absolute Gasteiger partial charge is 0.323 e. The number of carbonyl (C=O) groups excluding carboxylic acids is 2. The highest BCUT2D eigenvalue weighted by Gasteiger charge is 2.27. The Morgan fingerprint density at radius 3 is 2.48 bits per heavy atom. The maximum Gasteiger partial charge on any atom is 0.323 e. The summed E-state index contributed by atoms with van der Waals surface area (Å²) in [5.41, 5.74) is 0.753. The van der Waals surface area contributed by atoms with Gasteiger partial charge in [-0.05, 0) is 37.0 Å². The van der Waals surface area contributed by atoms with Crippen molar-refractivity contribution in [1.82, 2.24) is 9.80 Å². The minimum Gasteiger partial charge on any atom is -0.480 e. The topological polar surface area (TPSA) is 77.9 Å². The minimum atomic E-state index is -1.04. The molecule has 0 spiro atoms. The molecule has 2 rings (SSSR count). The summed E-state index contributed by atoms with van der Waals surface area (Å²) in [5.74, 6) is -1.68. The largest absolute Gasteiger partial charge is 0.480 e. The number of hydrogen-bond donors (Lipinski definition) is 1. The second-order valence-corrected chi connectivity index (χ2v) is 6.31. The molecule has 25 heavy (non-hydrogen) atoms. The van der Waals surface area contributed by atoms with Crippen LogP contribution >= 0.6 is 0 Å². The second kappa shape index (κ2) is 8.60. The van der Waals surface area contributed by atoms with E-state index in [1.54, 1.807) is 17.0 Å². The molecule has 1 aliphatic rings. The summed E-state index contributed by atoms with van der Waals surface area (Å²) in [5, 5.41) is 8.97. The fourth-order valence-corrected chi connectivity index (χ4v) is 3.17. The number of carboxylic acids is 1. The van der Waals surface area contributed by atoms with Crippen molar-refractivity contribution < 1.29 is 23.9 Å². The predicted octanol–water partition coefficient (Wildman–Crippen LogP) is 1.68. The molecule has 1 unspecified atom stereocenters. The van der Waals surface area contributed by atoms with E-state index in [2.05, 4.69) is 0 Å². The second-order valence-electron chi connectivity index (χ2n) is 6.31. The van der Waals surface area contributed by atoms with E-state index in [1.807, 2.05) is 0 Å². The van der Waals surface area contributed by atoms with Gasteiger partial charge in [0.05, 0.1) is 6.42 Å². The van der Waals surface area contributed by atoms with Crippen molar-refractivity contribution in [2.24, 2.45) is 0 Å². The van der Waals surface area contributed by atoms with Crippen LogP contribution < -0.4 is 0 Å². The normalized spacial score (nSPS) is 17.7. The van der Waals surface area contributed by atoms with Gasteiger partial charge in [-0.1, -0.05) is 12.1 Å². The Bertz CT molecular complexity index is 632. The molecule has 0 saturated carbocycles. The molecular formula is C18H23FN2O4. The molecule has 136 valence electrons. The van der Waals surface area contributed by atoms with Crippen molar-refractivity contribution in [2.75, 3.05) is 19.6 Å². The van der Waals surface area contributed by atoms with Crippen LogP contribution in [0.5, 0.6) is 0 Å². The number of carbonyl (C=O) groups is 3. The third-order valence-electron chi connectivity index (χ3n) is 4.47. The lowest BCUT2D eigenvalue weighted by Crippen LogP contribution is -2.43. The number of hydrogen-bond acceptors (Lipinski definition) is 3. The first kappa shape index (κ1) is 18.9. The summed E-state index contributed by atoms with van der Waals surface area (Å²) in [6.07, 6.45) is 2.15. The third kappa shape index (κ3) is 5.55. The predicted molar refractivity (Wildman–Crippen MR) is 89.3 cm³/mol. The number of nitrogens with zero attached hydrogens (tertiary/aromatic N) is 2. The van der Waals surface area contributed by atoms with Gasteiger partial charge in [-0.3, -0.25) is 14.4 Å². The molecule has 1 atom stereocenters. The first-order valence-electron chi connectivity index (χ1n) is 8.38. The highest BCUT2D eigenvalue weighted by atomic mass is 19.1. The molecule has 1 fully saturated rings. The standard InChI is InChI=1S/C18H23FN2O4/c1-13(22)21(12-18(24)25)16-3-2-9-20(10-8-16)17(23)11-14-4-6-15(19)7-5-14/h4-7,16H,2-3,8-12H2,1H3,(H,24,25). The summed E-state index contributed by atoms with van der Waals surface area (Å²) in [6, 6.07) is 5.68. The van der Waals surface area contributed by atoms with Crippen LogP contribution in [0.2, 0.25) is 0 Å². The Kier molecular flexibility index (Phi) is 6.50. The molecule has 0 aromatic heterocycles. The van der Waals surface area contributed by atoms with E-state index in [-0.39, 0.29) is 36.6 Å². The van der Waals surface area contributed by atoms with E-state index < -0.39 is 5.97 Å². The average Bonchev–Trinajstić information content (AvgIpc) is 2.80. The summed E-state index contributed by atoms with van der Waals surface area (Å²) in [4.78, 5) is 38.2. The summed E-state index contributed by atoms with van der Waals surface area (Å²) < 4.78 is 12.9. The number of amides is 2. The van der Waals surface area contributed by atoms with Gasteiger partial charge in [0.2, 0.25) is 11.8 Å². The zero-order valence-corrected chi connectivity index (χ0v) is 14.3. The van der Waals surface area contributed by atoms with Gasteiger partial charge in [-0.25, -0.2) is 4.39 Å². The lowest BCUT2D eigenvalue weighted by molar-refractivity contribution is -0.145. The van der Waals surface area contributed by atoms with Gasteiger partial charge in [-0.15, -0.1) is 0 Å². The van der Waals surface area contributed by atoms with Crippen molar-refractivity contribution in [3.05, 3.63) is 35.6 Å². The molecule has 2 amide bonds. The van der Waals surface area contributed by atoms with Crippen LogP contribution in [0, 0.1) is 5.82 Å². The van der Waals surface area contributed by atoms with Crippen LogP contribution in [0.4, 0.5) is 4.39 Å². The maximum absolute atomic E-state index is 12.9. The molecule has 1 aromatic carbocycles. The van der Waals surface area contributed by atoms with Crippen LogP contribution in [0.25, 0.3) is 0 Å². The van der Waals surface area contributed by atoms with E-state index in [9.17, 15) is 18.8 Å². The first-order valence-corrected chi connectivity index (χ1v) is 8.38. The Balaban J connectivity index is 1.95. The zero-order chi connectivity index (χ0) is 18.4. The molecule has 0 radical (unpaired) electrons. The Hall–Kier alpha value is -2.44. The van der Waals surface area contributed by atoms with E-state index >= 15 is 0 Å². The molecule has 1 aromatic rings. The number of carboxylic acid groups (broad SMARTS) is 1. The highest BCUT2D eigenvalue weighted by Crippen LogP contribution is 2.18. The Morgan fingerprint density at radius 2 is 1.88 bits per heavy atom. The molecule has 0 bridgehead atoms. The van der Waals surface area contributed by atoms with Crippen LogP contribution in [0.3, 0.4) is 0 Å². The number of halogens is 1. The summed E-state index contributed by atoms with van der Waals surface area (Å²) in [6.45, 7) is 2.11. The lowest BCUT2D eigenvalue weighted by atomic mass is 10.1. The number of likely N-dealkylation sites (tertiary alicyclic amines) is 1. The molecular weight excluding hydrogens is 327 g/mol. The van der Waals surface area contributed by atoms with E-state index in [0.717, 1.165) is 5.56 Å². The van der Waals surface area contributed by atoms with Crippen molar-refractivity contribution in [2.45, 2.75) is 38.6 Å². The summed E-state index contributed by atoms with van der Waals surface area (Å²) in [7, 11) is 0. The van der Waals surface area contributed by atoms with Gasteiger partial charge in [0.25, 0.3) is 0 Å². The molecule has 1 aliphatic heterocycles. The maximum atomic E-state index is 12.9. The molecule has 7 heteroatoms. The van der Waals surface area contributed by atoms with Crippen molar-refractivity contribution in [3.63, 3.8) is 0 Å². The molecule has 0 aliphatic carbocycles. The SMILES string of the molecule is CC(=O)N(CC(=O)O)C1CCCN(C(=O)Cc2ccc(F)cc2)CC1. The van der Waals surface area contributed by atoms with Crippen molar-refractivity contribution in [3.8, 4) is 0 Å². The molecule has 1 N–H and O–H groups in total.